The highest BCUT2D eigenvalue weighted by atomic mass is 35.5. The van der Waals surface area contributed by atoms with Crippen LogP contribution in [0.1, 0.15) is 11.3 Å². The Hall–Kier alpha value is -2.08. The van der Waals surface area contributed by atoms with E-state index in [1.54, 1.807) is 16.9 Å². The molecule has 0 aliphatic rings. The van der Waals surface area contributed by atoms with Gasteiger partial charge in [-0.1, -0.05) is 0 Å². The van der Waals surface area contributed by atoms with Gasteiger partial charge in [0.2, 0.25) is 0 Å². The lowest BCUT2D eigenvalue weighted by Gasteiger charge is -2.10. The van der Waals surface area contributed by atoms with Gasteiger partial charge in [-0.25, -0.2) is 0 Å². The lowest BCUT2D eigenvalue weighted by molar-refractivity contribution is -0.384. The second-order valence-electron chi connectivity index (χ2n) is 4.23. The average molecular weight is 296 g/mol. The molecule has 0 bridgehead atoms. The lowest BCUT2D eigenvalue weighted by Crippen LogP contribution is -2.07. The van der Waals surface area contributed by atoms with Crippen LogP contribution < -0.4 is 4.74 Å². The average Bonchev–Trinajstić information content (AvgIpc) is 2.84. The van der Waals surface area contributed by atoms with Gasteiger partial charge in [-0.05, 0) is 12.1 Å². The molecular weight excluding hydrogens is 282 g/mol. The summed E-state index contributed by atoms with van der Waals surface area (Å²) >= 11 is 5.80. The highest BCUT2D eigenvalue weighted by molar-refractivity contribution is 6.17. The van der Waals surface area contributed by atoms with E-state index >= 15 is 0 Å². The maximum absolute atomic E-state index is 10.7. The van der Waals surface area contributed by atoms with E-state index in [-0.39, 0.29) is 11.6 Å². The number of alkyl halides is 1. The number of aryl methyl sites for hydroxylation is 1. The second-order valence-corrected chi connectivity index (χ2v) is 4.49. The molecule has 1 heterocycles. The van der Waals surface area contributed by atoms with E-state index in [0.29, 0.717) is 24.3 Å². The van der Waals surface area contributed by atoms with Crippen LogP contribution in [-0.2, 0) is 19.3 Å². The Balaban J connectivity index is 2.02. The van der Waals surface area contributed by atoms with Crippen LogP contribution >= 0.6 is 11.6 Å². The monoisotopic (exact) mass is 295 g/mol. The van der Waals surface area contributed by atoms with Crippen LogP contribution in [0, 0.1) is 10.1 Å². The Morgan fingerprint density at radius 1 is 1.45 bits per heavy atom. The van der Waals surface area contributed by atoms with Gasteiger partial charge in [0.25, 0.3) is 5.69 Å². The lowest BCUT2D eigenvalue weighted by atomic mass is 10.2. The molecule has 0 atom stereocenters. The van der Waals surface area contributed by atoms with E-state index in [4.69, 9.17) is 16.3 Å². The molecule has 0 aliphatic heterocycles. The molecule has 0 radical (unpaired) electrons. The molecular formula is C13H14ClN3O3. The molecule has 0 N–H and O–H groups in total. The molecule has 0 amide bonds. The van der Waals surface area contributed by atoms with Crippen LogP contribution in [0.15, 0.2) is 30.5 Å². The smallest absolute Gasteiger partial charge is 0.270 e. The molecule has 0 saturated heterocycles. The largest absolute Gasteiger partial charge is 0.493 e. The maximum Gasteiger partial charge on any atom is 0.270 e. The molecule has 6 nitrogen and oxygen atoms in total. The molecule has 20 heavy (non-hydrogen) atoms. The third kappa shape index (κ3) is 3.27. The third-order valence-electron chi connectivity index (χ3n) is 2.94. The first-order chi connectivity index (χ1) is 9.61. The standard InChI is InChI=1S/C13H14ClN3O3/c1-16-11(4-6-15-16)5-7-20-13-3-2-12(17(18)19)8-10(13)9-14/h2-4,6,8H,5,7,9H2,1H3. The van der Waals surface area contributed by atoms with Crippen molar-refractivity contribution >= 4 is 17.3 Å². The van der Waals surface area contributed by atoms with Gasteiger partial charge in [-0.15, -0.1) is 11.6 Å². The van der Waals surface area contributed by atoms with Crippen LogP contribution in [-0.4, -0.2) is 21.3 Å². The van der Waals surface area contributed by atoms with Gasteiger partial charge in [0.1, 0.15) is 5.75 Å². The summed E-state index contributed by atoms with van der Waals surface area (Å²) in [5.74, 6) is 0.746. The first kappa shape index (κ1) is 14.3. The van der Waals surface area contributed by atoms with Crippen molar-refractivity contribution in [3.05, 3.63) is 51.8 Å². The zero-order chi connectivity index (χ0) is 14.5. The fourth-order valence-electron chi connectivity index (χ4n) is 1.84. The summed E-state index contributed by atoms with van der Waals surface area (Å²) in [6.07, 6.45) is 2.43. The minimum atomic E-state index is -0.449. The number of hydrogen-bond donors (Lipinski definition) is 0. The summed E-state index contributed by atoms with van der Waals surface area (Å²) in [5.41, 5.74) is 1.69. The van der Waals surface area contributed by atoms with Crippen LogP contribution in [0.3, 0.4) is 0 Å². The fraction of sp³-hybridized carbons (Fsp3) is 0.308. The molecule has 7 heteroatoms. The Morgan fingerprint density at radius 2 is 2.25 bits per heavy atom. The van der Waals surface area contributed by atoms with Gasteiger partial charge in [-0.2, -0.15) is 5.10 Å². The van der Waals surface area contributed by atoms with Crippen LogP contribution in [0.2, 0.25) is 0 Å². The van der Waals surface area contributed by atoms with Crippen molar-refractivity contribution in [2.24, 2.45) is 7.05 Å². The van der Waals surface area contributed by atoms with E-state index < -0.39 is 4.92 Å². The van der Waals surface area contributed by atoms with Crippen molar-refractivity contribution in [3.8, 4) is 5.75 Å². The summed E-state index contributed by atoms with van der Waals surface area (Å²) in [7, 11) is 1.87. The molecule has 0 spiro atoms. The minimum Gasteiger partial charge on any atom is -0.493 e. The Bertz CT molecular complexity index is 613. The van der Waals surface area contributed by atoms with Crippen molar-refractivity contribution in [2.75, 3.05) is 6.61 Å². The minimum absolute atomic E-state index is 0.0136. The normalized spacial score (nSPS) is 10.5. The predicted octanol–water partition coefficient (Wildman–Crippen LogP) is 2.69. The Morgan fingerprint density at radius 3 is 2.85 bits per heavy atom. The summed E-state index contributed by atoms with van der Waals surface area (Å²) in [5, 5.41) is 14.8. The number of aromatic nitrogens is 2. The summed E-state index contributed by atoms with van der Waals surface area (Å²) in [4.78, 5) is 10.3. The van der Waals surface area contributed by atoms with E-state index in [9.17, 15) is 10.1 Å². The van der Waals surface area contributed by atoms with E-state index in [2.05, 4.69) is 5.10 Å². The Kier molecular flexibility index (Phi) is 4.57. The zero-order valence-electron chi connectivity index (χ0n) is 11.0. The number of rotatable bonds is 6. The number of hydrogen-bond acceptors (Lipinski definition) is 4. The van der Waals surface area contributed by atoms with Gasteiger partial charge in [0.05, 0.1) is 17.4 Å². The third-order valence-corrected chi connectivity index (χ3v) is 3.23. The first-order valence-electron chi connectivity index (χ1n) is 6.04. The quantitative estimate of drug-likeness (QED) is 0.467. The van der Waals surface area contributed by atoms with Crippen molar-refractivity contribution in [1.29, 1.82) is 0 Å². The molecule has 1 aromatic carbocycles. The SMILES string of the molecule is Cn1nccc1CCOc1ccc([N+](=O)[O-])cc1CCl. The topological polar surface area (TPSA) is 70.2 Å². The van der Waals surface area contributed by atoms with Crippen LogP contribution in [0.4, 0.5) is 5.69 Å². The molecule has 2 rings (SSSR count). The maximum atomic E-state index is 10.7. The number of benzene rings is 1. The van der Waals surface area contributed by atoms with Gasteiger partial charge in [0.15, 0.2) is 0 Å². The first-order valence-corrected chi connectivity index (χ1v) is 6.58. The number of non-ortho nitro benzene ring substituents is 1. The molecule has 0 saturated carbocycles. The van der Waals surface area contributed by atoms with Gasteiger partial charge < -0.3 is 4.74 Å². The molecule has 1 aromatic heterocycles. The Labute approximate surface area is 121 Å². The summed E-state index contributed by atoms with van der Waals surface area (Å²) in [6.45, 7) is 0.460. The molecule has 0 unspecified atom stereocenters. The summed E-state index contributed by atoms with van der Waals surface area (Å²) < 4.78 is 7.42. The molecule has 0 fully saturated rings. The summed E-state index contributed by atoms with van der Waals surface area (Å²) in [6, 6.07) is 6.35. The molecule has 0 aliphatic carbocycles. The number of nitrogens with zero attached hydrogens (tertiary/aromatic N) is 3. The van der Waals surface area contributed by atoms with Gasteiger partial charge in [-0.3, -0.25) is 14.8 Å². The molecule has 2 aromatic rings. The number of ether oxygens (including phenoxy) is 1. The van der Waals surface area contributed by atoms with E-state index in [1.165, 1.54) is 12.1 Å². The highest BCUT2D eigenvalue weighted by Gasteiger charge is 2.11. The number of halogens is 1. The van der Waals surface area contributed by atoms with Gasteiger partial charge >= 0.3 is 0 Å². The van der Waals surface area contributed by atoms with Crippen molar-refractivity contribution in [1.82, 2.24) is 9.78 Å². The van der Waals surface area contributed by atoms with E-state index in [0.717, 1.165) is 5.69 Å². The zero-order valence-corrected chi connectivity index (χ0v) is 11.7. The van der Waals surface area contributed by atoms with Crippen molar-refractivity contribution < 1.29 is 9.66 Å². The van der Waals surface area contributed by atoms with Crippen molar-refractivity contribution in [3.63, 3.8) is 0 Å². The predicted molar refractivity (Wildman–Crippen MR) is 75.1 cm³/mol. The fourth-order valence-corrected chi connectivity index (χ4v) is 2.05. The highest BCUT2D eigenvalue weighted by Crippen LogP contribution is 2.25. The van der Waals surface area contributed by atoms with Crippen LogP contribution in [0.25, 0.3) is 0 Å². The van der Waals surface area contributed by atoms with E-state index in [1.807, 2.05) is 13.1 Å². The molecule has 106 valence electrons. The van der Waals surface area contributed by atoms with Crippen LogP contribution in [0.5, 0.6) is 5.75 Å². The van der Waals surface area contributed by atoms with Crippen molar-refractivity contribution in [2.45, 2.75) is 12.3 Å². The number of nitro groups is 1. The number of nitro benzene ring substituents is 1. The second kappa shape index (κ2) is 6.38. The van der Waals surface area contributed by atoms with Gasteiger partial charge in [0, 0.05) is 43.1 Å².